The summed E-state index contributed by atoms with van der Waals surface area (Å²) in [5.41, 5.74) is 1.12. The third kappa shape index (κ3) is 4.81. The van der Waals surface area contributed by atoms with Gasteiger partial charge in [0.1, 0.15) is 5.01 Å². The van der Waals surface area contributed by atoms with Crippen LogP contribution in [0.5, 0.6) is 0 Å². The topological polar surface area (TPSA) is 37.4 Å². The van der Waals surface area contributed by atoms with Crippen LogP contribution in [0, 0.1) is 0 Å². The average Bonchev–Trinajstić information content (AvgIpc) is 2.71. The van der Waals surface area contributed by atoms with E-state index in [1.807, 2.05) is 0 Å². The van der Waals surface area contributed by atoms with Crippen LogP contribution >= 0.6 is 11.3 Å². The molecular formula is C15H27N3OS. The first-order chi connectivity index (χ1) is 9.34. The van der Waals surface area contributed by atoms with E-state index in [0.717, 1.165) is 26.2 Å². The molecule has 20 heavy (non-hydrogen) atoms. The van der Waals surface area contributed by atoms with Crippen molar-refractivity contribution < 1.29 is 4.74 Å². The molecule has 1 aromatic rings. The number of ether oxygens (including phenoxy) is 1. The van der Waals surface area contributed by atoms with E-state index in [1.54, 1.807) is 11.3 Å². The van der Waals surface area contributed by atoms with Crippen molar-refractivity contribution >= 4 is 11.3 Å². The van der Waals surface area contributed by atoms with Crippen molar-refractivity contribution in [2.45, 2.75) is 65.5 Å². The number of hydrogen-bond acceptors (Lipinski definition) is 5. The molecule has 5 heteroatoms. The van der Waals surface area contributed by atoms with Crippen molar-refractivity contribution in [1.29, 1.82) is 0 Å². The molecule has 2 rings (SSSR count). The quantitative estimate of drug-likeness (QED) is 0.906. The Morgan fingerprint density at radius 2 is 2.30 bits per heavy atom. The smallest absolute Gasteiger partial charge is 0.107 e. The first-order valence-electron chi connectivity index (χ1n) is 7.41. The summed E-state index contributed by atoms with van der Waals surface area (Å²) in [4.78, 5) is 7.17. The highest BCUT2D eigenvalue weighted by atomic mass is 32.1. The van der Waals surface area contributed by atoms with Crippen LogP contribution in [-0.4, -0.2) is 40.7 Å². The first-order valence-corrected chi connectivity index (χ1v) is 8.29. The van der Waals surface area contributed by atoms with Crippen molar-refractivity contribution in [1.82, 2.24) is 15.2 Å². The van der Waals surface area contributed by atoms with Gasteiger partial charge in [-0.3, -0.25) is 4.90 Å². The fraction of sp³-hybridized carbons (Fsp3) is 0.800. The van der Waals surface area contributed by atoms with Crippen LogP contribution in [0.15, 0.2) is 5.38 Å². The molecule has 0 bridgehead atoms. The zero-order valence-corrected chi connectivity index (χ0v) is 14.1. The van der Waals surface area contributed by atoms with Gasteiger partial charge in [0, 0.05) is 37.6 Å². The van der Waals surface area contributed by atoms with Gasteiger partial charge in [-0.25, -0.2) is 4.98 Å². The SMILES string of the molecule is CC(C)NCc1nc(CN2CC(C)OC(C)(C)C2)cs1. The lowest BCUT2D eigenvalue weighted by Crippen LogP contribution is -2.51. The van der Waals surface area contributed by atoms with Crippen LogP contribution in [0.2, 0.25) is 0 Å². The third-order valence-electron chi connectivity index (χ3n) is 3.29. The van der Waals surface area contributed by atoms with Crippen molar-refractivity contribution in [3.8, 4) is 0 Å². The molecule has 0 aromatic carbocycles. The highest BCUT2D eigenvalue weighted by Crippen LogP contribution is 2.22. The Labute approximate surface area is 126 Å². The molecule has 4 nitrogen and oxygen atoms in total. The average molecular weight is 297 g/mol. The van der Waals surface area contributed by atoms with E-state index in [2.05, 4.69) is 50.2 Å². The van der Waals surface area contributed by atoms with Gasteiger partial charge in [-0.1, -0.05) is 13.8 Å². The summed E-state index contributed by atoms with van der Waals surface area (Å²) in [7, 11) is 0. The molecule has 1 saturated heterocycles. The largest absolute Gasteiger partial charge is 0.370 e. The number of morpholine rings is 1. The highest BCUT2D eigenvalue weighted by Gasteiger charge is 2.31. The number of nitrogens with zero attached hydrogens (tertiary/aromatic N) is 2. The summed E-state index contributed by atoms with van der Waals surface area (Å²) in [6.07, 6.45) is 0.291. The zero-order chi connectivity index (χ0) is 14.8. The molecule has 0 saturated carbocycles. The Hall–Kier alpha value is -0.490. The fourth-order valence-electron chi connectivity index (χ4n) is 2.73. The van der Waals surface area contributed by atoms with Gasteiger partial charge in [-0.05, 0) is 20.8 Å². The molecule has 1 aromatic heterocycles. The van der Waals surface area contributed by atoms with Crippen LogP contribution in [-0.2, 0) is 17.8 Å². The molecule has 1 atom stereocenters. The van der Waals surface area contributed by atoms with Crippen LogP contribution in [0.25, 0.3) is 0 Å². The Balaban J connectivity index is 1.90. The zero-order valence-electron chi connectivity index (χ0n) is 13.3. The maximum atomic E-state index is 5.94. The fourth-order valence-corrected chi connectivity index (χ4v) is 3.47. The van der Waals surface area contributed by atoms with E-state index in [0.29, 0.717) is 12.1 Å². The predicted octanol–water partition coefficient (Wildman–Crippen LogP) is 2.64. The number of aromatic nitrogens is 1. The van der Waals surface area contributed by atoms with Crippen molar-refractivity contribution in [3.05, 3.63) is 16.1 Å². The van der Waals surface area contributed by atoms with Gasteiger partial charge >= 0.3 is 0 Å². The minimum atomic E-state index is -0.0598. The van der Waals surface area contributed by atoms with Crippen LogP contribution in [0.1, 0.15) is 45.3 Å². The minimum absolute atomic E-state index is 0.0598. The highest BCUT2D eigenvalue weighted by molar-refractivity contribution is 7.09. The van der Waals surface area contributed by atoms with Gasteiger partial charge < -0.3 is 10.1 Å². The van der Waals surface area contributed by atoms with E-state index < -0.39 is 0 Å². The van der Waals surface area contributed by atoms with Crippen LogP contribution < -0.4 is 5.32 Å². The summed E-state index contributed by atoms with van der Waals surface area (Å²) in [6, 6.07) is 0.503. The second-order valence-electron chi connectivity index (χ2n) is 6.63. The third-order valence-corrected chi connectivity index (χ3v) is 4.18. The van der Waals surface area contributed by atoms with Crippen molar-refractivity contribution in [2.24, 2.45) is 0 Å². The summed E-state index contributed by atoms with van der Waals surface area (Å²) in [5.74, 6) is 0. The maximum absolute atomic E-state index is 5.94. The number of nitrogens with one attached hydrogen (secondary N) is 1. The molecule has 1 aliphatic heterocycles. The summed E-state index contributed by atoms with van der Waals surface area (Å²) >= 11 is 1.75. The normalized spacial score (nSPS) is 23.4. The lowest BCUT2D eigenvalue weighted by Gasteiger charge is -2.41. The molecule has 1 aliphatic rings. The van der Waals surface area contributed by atoms with E-state index in [-0.39, 0.29) is 5.60 Å². The summed E-state index contributed by atoms with van der Waals surface area (Å²) in [6.45, 7) is 14.5. The number of thiazole rings is 1. The molecule has 0 amide bonds. The van der Waals surface area contributed by atoms with Gasteiger partial charge in [-0.15, -0.1) is 11.3 Å². The Bertz CT molecular complexity index is 431. The molecule has 1 fully saturated rings. The van der Waals surface area contributed by atoms with Gasteiger partial charge in [0.05, 0.1) is 17.4 Å². The van der Waals surface area contributed by atoms with E-state index in [1.165, 1.54) is 10.7 Å². The van der Waals surface area contributed by atoms with Crippen LogP contribution in [0.3, 0.4) is 0 Å². The maximum Gasteiger partial charge on any atom is 0.107 e. The van der Waals surface area contributed by atoms with Crippen LogP contribution in [0.4, 0.5) is 0 Å². The monoisotopic (exact) mass is 297 g/mol. The van der Waals surface area contributed by atoms with E-state index in [4.69, 9.17) is 9.72 Å². The van der Waals surface area contributed by atoms with E-state index in [9.17, 15) is 0 Å². The summed E-state index contributed by atoms with van der Waals surface area (Å²) < 4.78 is 5.94. The lowest BCUT2D eigenvalue weighted by atomic mass is 10.1. The first kappa shape index (κ1) is 15.9. The minimum Gasteiger partial charge on any atom is -0.370 e. The van der Waals surface area contributed by atoms with Gasteiger partial charge in [0.25, 0.3) is 0 Å². The standard InChI is InChI=1S/C15H27N3OS/c1-11(2)16-6-14-17-13(9-20-14)8-18-7-12(3)19-15(4,5)10-18/h9,11-12,16H,6-8,10H2,1-5H3. The molecular weight excluding hydrogens is 270 g/mol. The second kappa shape index (κ2) is 6.52. The van der Waals surface area contributed by atoms with Gasteiger partial charge in [0.2, 0.25) is 0 Å². The molecule has 2 heterocycles. The number of rotatable bonds is 5. The van der Waals surface area contributed by atoms with Gasteiger partial charge in [-0.2, -0.15) is 0 Å². The Morgan fingerprint density at radius 3 is 2.95 bits per heavy atom. The Morgan fingerprint density at radius 1 is 1.55 bits per heavy atom. The Kier molecular flexibility index (Phi) is 5.18. The molecule has 114 valence electrons. The molecule has 0 radical (unpaired) electrons. The molecule has 1 N–H and O–H groups in total. The predicted molar refractivity (Wildman–Crippen MR) is 84.0 cm³/mol. The van der Waals surface area contributed by atoms with E-state index >= 15 is 0 Å². The van der Waals surface area contributed by atoms with Gasteiger partial charge in [0.15, 0.2) is 0 Å². The van der Waals surface area contributed by atoms with Crippen molar-refractivity contribution in [2.75, 3.05) is 13.1 Å². The summed E-state index contributed by atoms with van der Waals surface area (Å²) in [5, 5.41) is 6.77. The molecule has 0 spiro atoms. The molecule has 0 aliphatic carbocycles. The van der Waals surface area contributed by atoms with Crippen molar-refractivity contribution in [3.63, 3.8) is 0 Å². The second-order valence-corrected chi connectivity index (χ2v) is 7.57. The molecule has 1 unspecified atom stereocenters. The number of hydrogen-bond donors (Lipinski definition) is 1. The lowest BCUT2D eigenvalue weighted by molar-refractivity contribution is -0.130.